The fourth-order valence-corrected chi connectivity index (χ4v) is 2.32. The summed E-state index contributed by atoms with van der Waals surface area (Å²) in [6, 6.07) is 9.40. The third kappa shape index (κ3) is 2.78. The van der Waals surface area contributed by atoms with E-state index in [1.807, 2.05) is 0 Å². The summed E-state index contributed by atoms with van der Waals surface area (Å²) >= 11 is 0. The average molecular weight is 336 g/mol. The van der Waals surface area contributed by atoms with Crippen molar-refractivity contribution in [1.82, 2.24) is 5.16 Å². The molecule has 3 aromatic rings. The van der Waals surface area contributed by atoms with Gasteiger partial charge < -0.3 is 14.6 Å². The number of hydrogen-bond donors (Lipinski definition) is 1. The molecule has 1 heterocycles. The minimum atomic E-state index is -4.64. The van der Waals surface area contributed by atoms with Crippen molar-refractivity contribution in [3.63, 3.8) is 0 Å². The Hall–Kier alpha value is -3.03. The zero-order valence-electron chi connectivity index (χ0n) is 12.3. The lowest BCUT2D eigenvalue weighted by atomic mass is 10.1. The summed E-state index contributed by atoms with van der Waals surface area (Å²) in [6.45, 7) is 0. The zero-order valence-corrected chi connectivity index (χ0v) is 12.3. The molecule has 2 aromatic carbocycles. The molecular weight excluding hydrogens is 325 g/mol. The van der Waals surface area contributed by atoms with Crippen LogP contribution in [0.5, 0.6) is 5.75 Å². The highest BCUT2D eigenvalue weighted by atomic mass is 19.4. The molecule has 0 radical (unpaired) electrons. The number of methoxy groups -OCH3 is 1. The molecule has 0 atom stereocenters. The Labute approximate surface area is 134 Å². The van der Waals surface area contributed by atoms with Crippen LogP contribution in [0.25, 0.3) is 11.0 Å². The molecule has 0 saturated heterocycles. The number of aromatic nitrogens is 1. The second-order valence-corrected chi connectivity index (χ2v) is 4.86. The molecule has 3 rings (SSSR count). The first-order valence-electron chi connectivity index (χ1n) is 6.82. The van der Waals surface area contributed by atoms with Gasteiger partial charge in [0.05, 0.1) is 18.2 Å². The molecule has 0 aliphatic rings. The van der Waals surface area contributed by atoms with Gasteiger partial charge in [0.15, 0.2) is 11.4 Å². The van der Waals surface area contributed by atoms with E-state index in [0.29, 0.717) is 16.7 Å². The van der Waals surface area contributed by atoms with Crippen LogP contribution in [0.2, 0.25) is 0 Å². The lowest BCUT2D eigenvalue weighted by molar-refractivity contribution is -0.137. The van der Waals surface area contributed by atoms with Crippen LogP contribution >= 0.6 is 0 Å². The van der Waals surface area contributed by atoms with E-state index < -0.39 is 23.2 Å². The van der Waals surface area contributed by atoms with Crippen molar-refractivity contribution in [3.8, 4) is 5.75 Å². The van der Waals surface area contributed by atoms with Crippen LogP contribution in [0.3, 0.4) is 0 Å². The number of anilines is 1. The summed E-state index contributed by atoms with van der Waals surface area (Å²) in [7, 11) is 1.42. The predicted octanol–water partition coefficient (Wildman–Crippen LogP) is 4.11. The van der Waals surface area contributed by atoms with Crippen molar-refractivity contribution in [2.45, 2.75) is 6.18 Å². The van der Waals surface area contributed by atoms with Crippen molar-refractivity contribution in [2.24, 2.45) is 0 Å². The number of nitrogens with one attached hydrogen (secondary N) is 1. The highest BCUT2D eigenvalue weighted by Gasteiger charge is 2.35. The summed E-state index contributed by atoms with van der Waals surface area (Å²) in [5.41, 5.74) is -1.19. The van der Waals surface area contributed by atoms with Gasteiger partial charge in [-0.25, -0.2) is 0 Å². The molecule has 0 saturated carbocycles. The first-order chi connectivity index (χ1) is 11.4. The van der Waals surface area contributed by atoms with Gasteiger partial charge in [0.2, 0.25) is 0 Å². The normalized spacial score (nSPS) is 11.5. The molecule has 8 heteroatoms. The molecular formula is C16H11F3N2O3. The molecule has 0 aliphatic carbocycles. The summed E-state index contributed by atoms with van der Waals surface area (Å²) in [5, 5.41) is 6.41. The molecule has 0 spiro atoms. The Morgan fingerprint density at radius 1 is 1.17 bits per heavy atom. The number of benzene rings is 2. The number of halogens is 3. The van der Waals surface area contributed by atoms with Crippen LogP contribution in [-0.4, -0.2) is 18.2 Å². The number of fused-ring (bicyclic) bond motifs is 1. The summed E-state index contributed by atoms with van der Waals surface area (Å²) < 4.78 is 49.3. The number of hydrogen-bond acceptors (Lipinski definition) is 4. The monoisotopic (exact) mass is 336 g/mol. The third-order valence-electron chi connectivity index (χ3n) is 3.39. The van der Waals surface area contributed by atoms with Crippen molar-refractivity contribution in [1.29, 1.82) is 0 Å². The molecule has 1 N–H and O–H groups in total. The Morgan fingerprint density at radius 3 is 2.62 bits per heavy atom. The van der Waals surface area contributed by atoms with E-state index in [0.717, 1.165) is 12.1 Å². The fourth-order valence-electron chi connectivity index (χ4n) is 2.32. The van der Waals surface area contributed by atoms with Gasteiger partial charge in [-0.15, -0.1) is 0 Å². The largest absolute Gasteiger partial charge is 0.496 e. The summed E-state index contributed by atoms with van der Waals surface area (Å²) in [4.78, 5) is 12.3. The zero-order chi connectivity index (χ0) is 17.3. The molecule has 0 unspecified atom stereocenters. The number of rotatable bonds is 3. The van der Waals surface area contributed by atoms with Gasteiger partial charge in [0.1, 0.15) is 11.1 Å². The highest BCUT2D eigenvalue weighted by molar-refractivity contribution is 6.09. The Morgan fingerprint density at radius 2 is 1.92 bits per heavy atom. The van der Waals surface area contributed by atoms with E-state index in [1.165, 1.54) is 19.2 Å². The quantitative estimate of drug-likeness (QED) is 0.782. The number of alkyl halides is 3. The number of nitrogens with zero attached hydrogens (tertiary/aromatic N) is 1. The number of amides is 1. The Bertz CT molecular complexity index is 903. The third-order valence-corrected chi connectivity index (χ3v) is 3.39. The van der Waals surface area contributed by atoms with Gasteiger partial charge in [-0.05, 0) is 24.3 Å². The summed E-state index contributed by atoms with van der Waals surface area (Å²) in [6.07, 6.45) is -4.64. The van der Waals surface area contributed by atoms with E-state index in [4.69, 9.17) is 9.26 Å². The van der Waals surface area contributed by atoms with Gasteiger partial charge in [0.25, 0.3) is 5.91 Å². The van der Waals surface area contributed by atoms with Crippen molar-refractivity contribution in [3.05, 3.63) is 53.6 Å². The fraction of sp³-hybridized carbons (Fsp3) is 0.125. The number of carbonyl (C=O) groups is 1. The maximum atomic E-state index is 13.0. The first-order valence-corrected chi connectivity index (χ1v) is 6.82. The second-order valence-electron chi connectivity index (χ2n) is 4.86. The number of carbonyl (C=O) groups excluding carboxylic acids is 1. The van der Waals surface area contributed by atoms with Crippen molar-refractivity contribution >= 4 is 22.7 Å². The van der Waals surface area contributed by atoms with Crippen LogP contribution in [0.15, 0.2) is 47.0 Å². The van der Waals surface area contributed by atoms with E-state index in [9.17, 15) is 18.0 Å². The first kappa shape index (κ1) is 15.9. The van der Waals surface area contributed by atoms with Gasteiger partial charge in [-0.3, -0.25) is 4.79 Å². The Balaban J connectivity index is 2.00. The van der Waals surface area contributed by atoms with E-state index in [1.54, 1.807) is 18.2 Å². The van der Waals surface area contributed by atoms with Crippen molar-refractivity contribution < 1.29 is 27.2 Å². The van der Waals surface area contributed by atoms with Crippen LogP contribution in [0.4, 0.5) is 19.0 Å². The minimum absolute atomic E-state index is 0.00979. The van der Waals surface area contributed by atoms with Gasteiger partial charge in [0, 0.05) is 0 Å². The second kappa shape index (κ2) is 5.88. The Kier molecular flexibility index (Phi) is 3.88. The molecule has 0 aliphatic heterocycles. The topological polar surface area (TPSA) is 64.4 Å². The van der Waals surface area contributed by atoms with Crippen LogP contribution in [0.1, 0.15) is 15.9 Å². The van der Waals surface area contributed by atoms with Gasteiger partial charge in [-0.1, -0.05) is 23.4 Å². The number of ether oxygens (including phenoxy) is 1. The van der Waals surface area contributed by atoms with Crippen molar-refractivity contribution in [2.75, 3.05) is 12.4 Å². The van der Waals surface area contributed by atoms with E-state index >= 15 is 0 Å². The molecule has 5 nitrogen and oxygen atoms in total. The standard InChI is InChI=1S/C16H11F3N2O3/c1-23-11-7-4-8-12-13(11)14(21-24-12)20-15(22)9-5-2-3-6-10(9)16(17,18)19/h2-8H,1H3,(H,20,21,22). The lowest BCUT2D eigenvalue weighted by Gasteiger charge is -2.12. The van der Waals surface area contributed by atoms with E-state index in [-0.39, 0.29) is 5.82 Å². The molecule has 24 heavy (non-hydrogen) atoms. The van der Waals surface area contributed by atoms with Gasteiger partial charge in [-0.2, -0.15) is 13.2 Å². The maximum absolute atomic E-state index is 13.0. The van der Waals surface area contributed by atoms with Gasteiger partial charge >= 0.3 is 6.18 Å². The van der Waals surface area contributed by atoms with Crippen LogP contribution in [-0.2, 0) is 6.18 Å². The van der Waals surface area contributed by atoms with Crippen LogP contribution < -0.4 is 10.1 Å². The van der Waals surface area contributed by atoms with E-state index in [2.05, 4.69) is 10.5 Å². The maximum Gasteiger partial charge on any atom is 0.417 e. The highest BCUT2D eigenvalue weighted by Crippen LogP contribution is 2.34. The molecule has 1 amide bonds. The van der Waals surface area contributed by atoms with Crippen LogP contribution in [0, 0.1) is 0 Å². The molecule has 1 aromatic heterocycles. The molecule has 124 valence electrons. The lowest BCUT2D eigenvalue weighted by Crippen LogP contribution is -2.18. The smallest absolute Gasteiger partial charge is 0.417 e. The summed E-state index contributed by atoms with van der Waals surface area (Å²) in [5.74, 6) is -0.568. The molecule has 0 bridgehead atoms. The SMILES string of the molecule is COc1cccc2onc(NC(=O)c3ccccc3C(F)(F)F)c12. The predicted molar refractivity (Wildman–Crippen MR) is 80.0 cm³/mol. The minimum Gasteiger partial charge on any atom is -0.496 e. The molecule has 0 fully saturated rings. The average Bonchev–Trinajstić information content (AvgIpc) is 2.97.